The first-order valence-corrected chi connectivity index (χ1v) is 11.2. The van der Waals surface area contributed by atoms with Gasteiger partial charge in [-0.2, -0.15) is 8.78 Å². The number of ether oxygens (including phenoxy) is 1. The number of benzene rings is 3. The molecule has 3 aromatic carbocycles. The molecule has 11 heteroatoms. The molecule has 4 rings (SSSR count). The van der Waals surface area contributed by atoms with Crippen molar-refractivity contribution in [3.05, 3.63) is 77.9 Å². The molecule has 0 radical (unpaired) electrons. The van der Waals surface area contributed by atoms with Crippen LogP contribution in [-0.4, -0.2) is 42.0 Å². The Morgan fingerprint density at radius 1 is 0.971 bits per heavy atom. The second-order valence-electron chi connectivity index (χ2n) is 7.65. The topological polar surface area (TPSA) is 77.8 Å². The second-order valence-corrected chi connectivity index (χ2v) is 8.60. The van der Waals surface area contributed by atoms with E-state index in [-0.39, 0.29) is 25.4 Å². The number of rotatable bonds is 9. The molecule has 0 saturated carbocycles. The molecule has 6 nitrogen and oxygen atoms in total. The first kappa shape index (κ1) is 24.1. The number of aliphatic hydroxyl groups excluding tert-OH is 1. The molecule has 0 spiro atoms. The van der Waals surface area contributed by atoms with Crippen molar-refractivity contribution < 1.29 is 36.2 Å². The summed E-state index contributed by atoms with van der Waals surface area (Å²) in [4.78, 5) is 0. The van der Waals surface area contributed by atoms with E-state index in [1.807, 2.05) is 0 Å². The van der Waals surface area contributed by atoms with Gasteiger partial charge in [-0.25, -0.2) is 13.1 Å². The molecular formula is C23H19F4N2O4S-. The van der Waals surface area contributed by atoms with E-state index in [0.717, 1.165) is 4.31 Å². The number of hydrogen-bond acceptors (Lipinski definition) is 4. The Morgan fingerprint density at radius 2 is 1.53 bits per heavy atom. The van der Waals surface area contributed by atoms with Crippen molar-refractivity contribution in [1.29, 1.82) is 0 Å². The van der Waals surface area contributed by atoms with Gasteiger partial charge in [-0.1, -0.05) is 12.1 Å². The van der Waals surface area contributed by atoms with Crippen LogP contribution >= 0.6 is 0 Å². The maximum atomic E-state index is 13.8. The lowest BCUT2D eigenvalue weighted by Gasteiger charge is -2.27. The van der Waals surface area contributed by atoms with Gasteiger partial charge in [0.15, 0.2) is 0 Å². The van der Waals surface area contributed by atoms with Gasteiger partial charge in [0.25, 0.3) is 0 Å². The quantitative estimate of drug-likeness (QED) is 0.277. The van der Waals surface area contributed by atoms with Crippen molar-refractivity contribution in [1.82, 2.24) is 8.87 Å². The fourth-order valence-electron chi connectivity index (χ4n) is 3.91. The maximum absolute atomic E-state index is 13.8. The third-order valence-corrected chi connectivity index (χ3v) is 6.01. The minimum Gasteiger partial charge on any atom is -0.760 e. The molecule has 34 heavy (non-hydrogen) atoms. The van der Waals surface area contributed by atoms with Crippen LogP contribution < -0.4 is 4.74 Å². The lowest BCUT2D eigenvalue weighted by Crippen LogP contribution is -2.35. The van der Waals surface area contributed by atoms with Crippen LogP contribution in [0.3, 0.4) is 0 Å². The highest BCUT2D eigenvalue weighted by Gasteiger charge is 2.18. The summed E-state index contributed by atoms with van der Waals surface area (Å²) in [6.07, 6.45) is -1.16. The Hall–Kier alpha value is -2.99. The summed E-state index contributed by atoms with van der Waals surface area (Å²) in [6, 6.07) is 13.6. The Morgan fingerprint density at radius 3 is 2.03 bits per heavy atom. The van der Waals surface area contributed by atoms with Gasteiger partial charge in [0, 0.05) is 46.2 Å². The third-order valence-electron chi connectivity index (χ3n) is 5.31. The minimum atomic E-state index is -2.97. The number of fused-ring (bicyclic) bond motifs is 3. The summed E-state index contributed by atoms with van der Waals surface area (Å²) in [5, 5.41) is 11.6. The van der Waals surface area contributed by atoms with Gasteiger partial charge in [-0.15, -0.1) is 0 Å². The van der Waals surface area contributed by atoms with Crippen LogP contribution in [0.5, 0.6) is 5.75 Å². The summed E-state index contributed by atoms with van der Waals surface area (Å²) < 4.78 is 82.7. The van der Waals surface area contributed by atoms with Crippen molar-refractivity contribution in [2.24, 2.45) is 0 Å². The summed E-state index contributed by atoms with van der Waals surface area (Å²) in [5.74, 6) is -1.05. The smallest absolute Gasteiger partial charge is 0.387 e. The van der Waals surface area contributed by atoms with Crippen LogP contribution in [0.4, 0.5) is 17.6 Å². The van der Waals surface area contributed by atoms with Gasteiger partial charge in [0.2, 0.25) is 0 Å². The zero-order chi connectivity index (χ0) is 24.4. The summed E-state index contributed by atoms with van der Waals surface area (Å²) in [7, 11) is 0. The zero-order valence-electron chi connectivity index (χ0n) is 17.5. The lowest BCUT2D eigenvalue weighted by molar-refractivity contribution is -0.0498. The molecule has 0 aliphatic heterocycles. The fraction of sp³-hybridized carbons (Fsp3) is 0.217. The number of halogens is 4. The van der Waals surface area contributed by atoms with Crippen molar-refractivity contribution in [2.45, 2.75) is 25.8 Å². The van der Waals surface area contributed by atoms with Crippen molar-refractivity contribution >= 4 is 33.1 Å². The maximum Gasteiger partial charge on any atom is 0.387 e. The van der Waals surface area contributed by atoms with Gasteiger partial charge in [0.1, 0.15) is 17.4 Å². The molecule has 0 fully saturated rings. The second kappa shape index (κ2) is 10.1. The summed E-state index contributed by atoms with van der Waals surface area (Å²) >= 11 is -2.68. The fourth-order valence-corrected chi connectivity index (χ4v) is 4.46. The molecule has 2 unspecified atom stereocenters. The highest BCUT2D eigenvalue weighted by atomic mass is 32.2. The number of aromatic nitrogens is 1. The normalized spacial score (nSPS) is 13.8. The van der Waals surface area contributed by atoms with Gasteiger partial charge in [-0.3, -0.25) is 4.21 Å². The van der Waals surface area contributed by atoms with Crippen LogP contribution in [0.25, 0.3) is 21.8 Å². The van der Waals surface area contributed by atoms with Crippen LogP contribution in [0.2, 0.25) is 0 Å². The van der Waals surface area contributed by atoms with E-state index in [9.17, 15) is 31.4 Å². The van der Waals surface area contributed by atoms with Crippen molar-refractivity contribution in [3.8, 4) is 5.75 Å². The van der Waals surface area contributed by atoms with Crippen LogP contribution in [-0.2, 0) is 24.4 Å². The minimum absolute atomic E-state index is 0.0356. The molecule has 0 bridgehead atoms. The molecule has 4 aromatic rings. The van der Waals surface area contributed by atoms with E-state index < -0.39 is 35.6 Å². The number of aliphatic hydroxyl groups is 1. The average molecular weight is 495 g/mol. The van der Waals surface area contributed by atoms with E-state index in [1.54, 1.807) is 4.57 Å². The standard InChI is InChI=1S/C23H20F4N2O4S/c24-15-3-7-21-19(9-15)20-10-16(25)4-8-22(20)29(21)13-17(30)12-28(34(31)32)11-14-1-5-18(6-2-14)33-23(26)27/h1-10,17,23,30H,11-13H2,(H,31,32)/p-1. The van der Waals surface area contributed by atoms with Gasteiger partial charge in [0.05, 0.1) is 12.6 Å². The molecule has 180 valence electrons. The molecular weight excluding hydrogens is 476 g/mol. The predicted molar refractivity (Wildman–Crippen MR) is 118 cm³/mol. The van der Waals surface area contributed by atoms with Crippen LogP contribution in [0, 0.1) is 11.6 Å². The number of alkyl halides is 2. The molecule has 1 N–H and O–H groups in total. The van der Waals surface area contributed by atoms with E-state index in [4.69, 9.17) is 0 Å². The molecule has 1 heterocycles. The van der Waals surface area contributed by atoms with E-state index in [2.05, 4.69) is 4.74 Å². The molecule has 2 atom stereocenters. The number of hydrogen-bond donors (Lipinski definition) is 1. The SMILES string of the molecule is O=S([O-])N(Cc1ccc(OC(F)F)cc1)CC(O)Cn1c2ccc(F)cc2c2cc(F)ccc21. The van der Waals surface area contributed by atoms with E-state index >= 15 is 0 Å². The van der Waals surface area contributed by atoms with Crippen LogP contribution in [0.15, 0.2) is 60.7 Å². The Bertz CT molecular complexity index is 1270. The first-order chi connectivity index (χ1) is 16.2. The van der Waals surface area contributed by atoms with Gasteiger partial charge >= 0.3 is 6.61 Å². The molecule has 0 aliphatic carbocycles. The highest BCUT2D eigenvalue weighted by Crippen LogP contribution is 2.30. The predicted octanol–water partition coefficient (Wildman–Crippen LogP) is 4.33. The Balaban J connectivity index is 1.54. The van der Waals surface area contributed by atoms with Gasteiger partial charge in [-0.05, 0) is 54.1 Å². The monoisotopic (exact) mass is 495 g/mol. The van der Waals surface area contributed by atoms with E-state index in [1.165, 1.54) is 60.7 Å². The molecule has 0 amide bonds. The molecule has 0 saturated heterocycles. The Labute approximate surface area is 194 Å². The molecule has 0 aliphatic rings. The van der Waals surface area contributed by atoms with Crippen LogP contribution in [0.1, 0.15) is 5.56 Å². The van der Waals surface area contributed by atoms with E-state index in [0.29, 0.717) is 27.4 Å². The van der Waals surface area contributed by atoms with Crippen molar-refractivity contribution in [2.75, 3.05) is 6.54 Å². The molecule has 1 aromatic heterocycles. The zero-order valence-corrected chi connectivity index (χ0v) is 18.4. The van der Waals surface area contributed by atoms with Crippen molar-refractivity contribution in [3.63, 3.8) is 0 Å². The largest absolute Gasteiger partial charge is 0.760 e. The number of nitrogens with zero attached hydrogens (tertiary/aromatic N) is 2. The summed E-state index contributed by atoms with van der Waals surface area (Å²) in [6.45, 7) is -3.38. The van der Waals surface area contributed by atoms with Gasteiger partial charge < -0.3 is 19.0 Å². The first-order valence-electron chi connectivity index (χ1n) is 10.1. The summed E-state index contributed by atoms with van der Waals surface area (Å²) in [5.41, 5.74) is 1.62. The lowest BCUT2D eigenvalue weighted by atomic mass is 10.1. The third kappa shape index (κ3) is 5.39. The average Bonchev–Trinajstić information content (AvgIpc) is 3.06. The Kier molecular flexibility index (Phi) is 7.17. The highest BCUT2D eigenvalue weighted by molar-refractivity contribution is 7.76.